The molecule has 2 aromatic rings. The van der Waals surface area contributed by atoms with Crippen LogP contribution in [0.5, 0.6) is 5.75 Å². The molecular weight excluding hydrogens is 438 g/mol. The fraction of sp³-hybridized carbons (Fsp3) is 0.286. The van der Waals surface area contributed by atoms with E-state index in [0.29, 0.717) is 35.6 Å². The van der Waals surface area contributed by atoms with E-state index in [2.05, 4.69) is 39.0 Å². The summed E-state index contributed by atoms with van der Waals surface area (Å²) in [6.45, 7) is 4.31. The molecule has 3 N–H and O–H groups in total. The van der Waals surface area contributed by atoms with Gasteiger partial charge in [0.1, 0.15) is 5.75 Å². The summed E-state index contributed by atoms with van der Waals surface area (Å²) in [4.78, 5) is 36.2. The lowest BCUT2D eigenvalue weighted by Crippen LogP contribution is -2.41. The smallest absolute Gasteiger partial charge is 0.273 e. The first-order valence-electron chi connectivity index (χ1n) is 9.37. The Morgan fingerprint density at radius 2 is 1.66 bits per heavy atom. The number of hydrogen-bond acceptors (Lipinski definition) is 4. The second kappa shape index (κ2) is 11.2. The van der Waals surface area contributed by atoms with Crippen LogP contribution in [0.3, 0.4) is 0 Å². The van der Waals surface area contributed by atoms with Crippen LogP contribution in [0.1, 0.15) is 53.8 Å². The molecule has 0 spiro atoms. The fourth-order valence-corrected chi connectivity index (χ4v) is 2.70. The van der Waals surface area contributed by atoms with Crippen molar-refractivity contribution in [1.82, 2.24) is 10.9 Å². The average Bonchev–Trinajstić information content (AvgIpc) is 2.73. The van der Waals surface area contributed by atoms with Gasteiger partial charge in [0.15, 0.2) is 0 Å². The van der Waals surface area contributed by atoms with Crippen molar-refractivity contribution in [3.8, 4) is 5.75 Å². The lowest BCUT2D eigenvalue weighted by atomic mass is 10.2. The van der Waals surface area contributed by atoms with Gasteiger partial charge in [0.2, 0.25) is 5.91 Å². The van der Waals surface area contributed by atoms with Crippen molar-refractivity contribution in [2.75, 3.05) is 11.9 Å². The summed E-state index contributed by atoms with van der Waals surface area (Å²) < 4.78 is 6.39. The highest BCUT2D eigenvalue weighted by Gasteiger charge is 2.15. The van der Waals surface area contributed by atoms with Gasteiger partial charge in [0.05, 0.1) is 12.2 Å². The Morgan fingerprint density at radius 3 is 2.31 bits per heavy atom. The van der Waals surface area contributed by atoms with E-state index in [9.17, 15) is 14.4 Å². The molecule has 3 amide bonds. The molecule has 7 nitrogen and oxygen atoms in total. The molecule has 0 unspecified atom stereocenters. The van der Waals surface area contributed by atoms with Gasteiger partial charge in [-0.2, -0.15) is 0 Å². The minimum absolute atomic E-state index is 0.111. The number of hydrazine groups is 1. The topological polar surface area (TPSA) is 96.5 Å². The molecule has 0 radical (unpaired) electrons. The summed E-state index contributed by atoms with van der Waals surface area (Å²) >= 11 is 3.34. The molecule has 0 fully saturated rings. The van der Waals surface area contributed by atoms with Crippen LogP contribution in [-0.2, 0) is 4.79 Å². The second-order valence-electron chi connectivity index (χ2n) is 6.23. The highest BCUT2D eigenvalue weighted by molar-refractivity contribution is 9.10. The van der Waals surface area contributed by atoms with Crippen molar-refractivity contribution in [1.29, 1.82) is 0 Å². The van der Waals surface area contributed by atoms with E-state index in [1.165, 1.54) is 0 Å². The zero-order chi connectivity index (χ0) is 21.2. The van der Waals surface area contributed by atoms with Gasteiger partial charge in [-0.05, 0) is 48.9 Å². The van der Waals surface area contributed by atoms with Crippen LogP contribution in [-0.4, -0.2) is 24.3 Å². The predicted molar refractivity (Wildman–Crippen MR) is 115 cm³/mol. The van der Waals surface area contributed by atoms with Crippen molar-refractivity contribution in [3.63, 3.8) is 0 Å². The zero-order valence-electron chi connectivity index (χ0n) is 16.4. The molecule has 0 aromatic heterocycles. The van der Waals surface area contributed by atoms with Crippen LogP contribution in [0, 0.1) is 0 Å². The van der Waals surface area contributed by atoms with E-state index in [4.69, 9.17) is 4.74 Å². The number of amides is 3. The molecule has 0 bridgehead atoms. The van der Waals surface area contributed by atoms with Gasteiger partial charge < -0.3 is 10.1 Å². The molecule has 2 aromatic carbocycles. The third-order valence-electron chi connectivity index (χ3n) is 3.98. The molecule has 0 atom stereocenters. The number of rotatable bonds is 8. The van der Waals surface area contributed by atoms with E-state index in [1.807, 2.05) is 0 Å². The Kier molecular flexibility index (Phi) is 8.67. The maximum Gasteiger partial charge on any atom is 0.273 e. The van der Waals surface area contributed by atoms with Crippen LogP contribution in [0.15, 0.2) is 46.9 Å². The van der Waals surface area contributed by atoms with Crippen molar-refractivity contribution >= 4 is 39.3 Å². The average molecular weight is 462 g/mol. The SMILES string of the molecule is CCCCOc1ccc(Br)cc1C(=O)NNC(=O)c1ccc(NC(=O)CC)cc1. The van der Waals surface area contributed by atoms with Crippen LogP contribution in [0.4, 0.5) is 5.69 Å². The zero-order valence-corrected chi connectivity index (χ0v) is 18.0. The molecule has 8 heteroatoms. The molecule has 0 aliphatic heterocycles. The monoisotopic (exact) mass is 461 g/mol. The van der Waals surface area contributed by atoms with E-state index < -0.39 is 11.8 Å². The summed E-state index contributed by atoms with van der Waals surface area (Å²) in [7, 11) is 0. The lowest BCUT2D eigenvalue weighted by molar-refractivity contribution is -0.115. The Labute approximate surface area is 178 Å². The predicted octanol–water partition coefficient (Wildman–Crippen LogP) is 4.05. The Hall–Kier alpha value is -2.87. The first-order chi connectivity index (χ1) is 13.9. The quantitative estimate of drug-likeness (QED) is 0.407. The standard InChI is InChI=1S/C21H24BrN3O4/c1-3-5-12-29-18-11-8-15(22)13-17(18)21(28)25-24-20(27)14-6-9-16(10-7-14)23-19(26)4-2/h6-11,13H,3-5,12H2,1-2H3,(H,23,26)(H,24,27)(H,25,28). The largest absolute Gasteiger partial charge is 0.493 e. The van der Waals surface area contributed by atoms with Gasteiger partial charge in [-0.1, -0.05) is 36.2 Å². The van der Waals surface area contributed by atoms with Gasteiger partial charge in [0, 0.05) is 22.1 Å². The maximum absolute atomic E-state index is 12.5. The fourth-order valence-electron chi connectivity index (χ4n) is 2.34. The van der Waals surface area contributed by atoms with Gasteiger partial charge in [0.25, 0.3) is 11.8 Å². The van der Waals surface area contributed by atoms with Crippen molar-refractivity contribution < 1.29 is 19.1 Å². The van der Waals surface area contributed by atoms with Crippen molar-refractivity contribution in [3.05, 3.63) is 58.1 Å². The van der Waals surface area contributed by atoms with E-state index in [-0.39, 0.29) is 5.91 Å². The first-order valence-corrected chi connectivity index (χ1v) is 10.2. The highest BCUT2D eigenvalue weighted by atomic mass is 79.9. The number of ether oxygens (including phenoxy) is 1. The summed E-state index contributed by atoms with van der Waals surface area (Å²) in [5.41, 5.74) is 6.04. The van der Waals surface area contributed by atoms with E-state index in [0.717, 1.165) is 17.3 Å². The lowest BCUT2D eigenvalue weighted by Gasteiger charge is -2.13. The number of halogens is 1. The molecular formula is C21H24BrN3O4. The first kappa shape index (κ1) is 22.4. The Bertz CT molecular complexity index is 869. The summed E-state index contributed by atoms with van der Waals surface area (Å²) in [5.74, 6) is -0.627. The van der Waals surface area contributed by atoms with Gasteiger partial charge in [-0.15, -0.1) is 0 Å². The molecule has 0 aliphatic rings. The van der Waals surface area contributed by atoms with Crippen LogP contribution < -0.4 is 20.9 Å². The van der Waals surface area contributed by atoms with Gasteiger partial charge in [-0.25, -0.2) is 0 Å². The molecule has 0 heterocycles. The number of benzene rings is 2. The number of carbonyl (C=O) groups excluding carboxylic acids is 3. The molecule has 0 saturated heterocycles. The van der Waals surface area contributed by atoms with Crippen LogP contribution in [0.2, 0.25) is 0 Å². The normalized spacial score (nSPS) is 10.2. The number of nitrogens with one attached hydrogen (secondary N) is 3. The minimum atomic E-state index is -0.488. The summed E-state index contributed by atoms with van der Waals surface area (Å²) in [5, 5.41) is 2.70. The van der Waals surface area contributed by atoms with Gasteiger partial charge in [-0.3, -0.25) is 25.2 Å². The third kappa shape index (κ3) is 6.90. The minimum Gasteiger partial charge on any atom is -0.493 e. The van der Waals surface area contributed by atoms with E-state index >= 15 is 0 Å². The molecule has 0 saturated carbocycles. The second-order valence-corrected chi connectivity index (χ2v) is 7.15. The number of carbonyl (C=O) groups is 3. The van der Waals surface area contributed by atoms with Crippen molar-refractivity contribution in [2.45, 2.75) is 33.1 Å². The summed E-state index contributed by atoms with van der Waals surface area (Å²) in [6, 6.07) is 11.5. The molecule has 0 aliphatic carbocycles. The Balaban J connectivity index is 1.98. The van der Waals surface area contributed by atoms with Crippen molar-refractivity contribution in [2.24, 2.45) is 0 Å². The number of hydrogen-bond donors (Lipinski definition) is 3. The highest BCUT2D eigenvalue weighted by Crippen LogP contribution is 2.23. The molecule has 2 rings (SSSR count). The van der Waals surface area contributed by atoms with Gasteiger partial charge >= 0.3 is 0 Å². The van der Waals surface area contributed by atoms with Crippen LogP contribution in [0.25, 0.3) is 0 Å². The Morgan fingerprint density at radius 1 is 0.966 bits per heavy atom. The maximum atomic E-state index is 12.5. The summed E-state index contributed by atoms with van der Waals surface area (Å²) in [6.07, 6.45) is 2.23. The number of anilines is 1. The molecule has 154 valence electrons. The van der Waals surface area contributed by atoms with E-state index in [1.54, 1.807) is 49.4 Å². The third-order valence-corrected chi connectivity index (χ3v) is 4.48. The number of unbranched alkanes of at least 4 members (excludes halogenated alkanes) is 1. The van der Waals surface area contributed by atoms with Crippen LogP contribution >= 0.6 is 15.9 Å². The molecule has 29 heavy (non-hydrogen) atoms.